The van der Waals surface area contributed by atoms with Crippen molar-refractivity contribution in [3.05, 3.63) is 56.1 Å². The highest BCUT2D eigenvalue weighted by atomic mass is 127. The average Bonchev–Trinajstić information content (AvgIpc) is 2.63. The molecule has 0 aliphatic carbocycles. The number of barbiturate groups is 1. The molecule has 0 unspecified atom stereocenters. The number of hydrogen-bond donors (Lipinski definition) is 2. The Balaban J connectivity index is 2.04. The largest absolute Gasteiger partial charge is 0.504 e. The van der Waals surface area contributed by atoms with E-state index in [0.717, 1.165) is 4.90 Å². The van der Waals surface area contributed by atoms with E-state index >= 15 is 0 Å². The molecular formula is C19H14ClIN2O5. The van der Waals surface area contributed by atoms with Crippen LogP contribution in [0, 0.1) is 3.57 Å². The molecule has 9 heteroatoms. The van der Waals surface area contributed by atoms with Crippen LogP contribution in [0.15, 0.2) is 42.0 Å². The summed E-state index contributed by atoms with van der Waals surface area (Å²) >= 11 is 7.86. The highest BCUT2D eigenvalue weighted by molar-refractivity contribution is 14.1. The first-order valence-electron chi connectivity index (χ1n) is 8.14. The van der Waals surface area contributed by atoms with Crippen LogP contribution < -0.4 is 15.0 Å². The van der Waals surface area contributed by atoms with E-state index < -0.39 is 17.8 Å². The van der Waals surface area contributed by atoms with Gasteiger partial charge in [0.05, 0.1) is 15.9 Å². The number of phenols is 1. The van der Waals surface area contributed by atoms with E-state index in [9.17, 15) is 19.5 Å². The number of aromatic hydroxyl groups is 1. The first-order valence-corrected chi connectivity index (χ1v) is 9.59. The second-order valence-electron chi connectivity index (χ2n) is 5.72. The van der Waals surface area contributed by atoms with Crippen molar-refractivity contribution in [3.8, 4) is 11.5 Å². The second kappa shape index (κ2) is 8.19. The second-order valence-corrected chi connectivity index (χ2v) is 7.32. The fraction of sp³-hybridized carbons (Fsp3) is 0.105. The zero-order chi connectivity index (χ0) is 20.4. The van der Waals surface area contributed by atoms with E-state index in [-0.39, 0.29) is 22.8 Å². The molecule has 0 radical (unpaired) electrons. The van der Waals surface area contributed by atoms with E-state index in [1.54, 1.807) is 25.1 Å². The van der Waals surface area contributed by atoms with Gasteiger partial charge < -0.3 is 9.84 Å². The maximum atomic E-state index is 12.9. The number of urea groups is 1. The van der Waals surface area contributed by atoms with E-state index in [1.807, 2.05) is 22.6 Å². The molecule has 4 amide bonds. The molecule has 0 atom stereocenters. The molecule has 1 aliphatic heterocycles. The normalized spacial score (nSPS) is 15.8. The molecule has 7 nitrogen and oxygen atoms in total. The van der Waals surface area contributed by atoms with Gasteiger partial charge in [-0.1, -0.05) is 17.7 Å². The van der Waals surface area contributed by atoms with Crippen LogP contribution in [-0.2, 0) is 9.59 Å². The van der Waals surface area contributed by atoms with Crippen LogP contribution in [0.3, 0.4) is 0 Å². The van der Waals surface area contributed by atoms with Gasteiger partial charge >= 0.3 is 6.03 Å². The molecule has 1 saturated heterocycles. The minimum Gasteiger partial charge on any atom is -0.504 e. The molecule has 28 heavy (non-hydrogen) atoms. The van der Waals surface area contributed by atoms with Gasteiger partial charge in [-0.2, -0.15) is 0 Å². The zero-order valence-corrected chi connectivity index (χ0v) is 17.4. The Kier molecular flexibility index (Phi) is 5.90. The van der Waals surface area contributed by atoms with Crippen molar-refractivity contribution in [2.24, 2.45) is 0 Å². The summed E-state index contributed by atoms with van der Waals surface area (Å²) in [6.45, 7) is 2.10. The van der Waals surface area contributed by atoms with Crippen LogP contribution in [0.5, 0.6) is 11.5 Å². The summed E-state index contributed by atoms with van der Waals surface area (Å²) in [4.78, 5) is 38.2. The van der Waals surface area contributed by atoms with Crippen molar-refractivity contribution in [2.75, 3.05) is 11.5 Å². The number of nitrogens with one attached hydrogen (secondary N) is 1. The quantitative estimate of drug-likeness (QED) is 0.370. The minimum atomic E-state index is -0.857. The van der Waals surface area contributed by atoms with E-state index in [1.165, 1.54) is 24.3 Å². The molecular weight excluding hydrogens is 499 g/mol. The Bertz CT molecular complexity index is 1020. The number of carbonyl (C=O) groups excluding carboxylic acids is 3. The molecule has 3 rings (SSSR count). The fourth-order valence-electron chi connectivity index (χ4n) is 2.62. The number of halogens is 2. The van der Waals surface area contributed by atoms with Crippen LogP contribution in [0.2, 0.25) is 5.02 Å². The summed E-state index contributed by atoms with van der Waals surface area (Å²) in [6, 6.07) is 8.42. The van der Waals surface area contributed by atoms with Crippen LogP contribution >= 0.6 is 34.2 Å². The van der Waals surface area contributed by atoms with Crippen molar-refractivity contribution < 1.29 is 24.2 Å². The summed E-state index contributed by atoms with van der Waals surface area (Å²) in [5, 5.41) is 12.5. The summed E-state index contributed by atoms with van der Waals surface area (Å²) in [7, 11) is 0. The van der Waals surface area contributed by atoms with E-state index in [2.05, 4.69) is 5.32 Å². The number of amides is 4. The van der Waals surface area contributed by atoms with Crippen LogP contribution in [-0.4, -0.2) is 29.6 Å². The third kappa shape index (κ3) is 3.97. The number of anilines is 1. The van der Waals surface area contributed by atoms with Gasteiger partial charge in [0.1, 0.15) is 5.57 Å². The topological polar surface area (TPSA) is 95.9 Å². The predicted molar refractivity (Wildman–Crippen MR) is 112 cm³/mol. The summed E-state index contributed by atoms with van der Waals surface area (Å²) in [6.07, 6.45) is 1.34. The SMILES string of the molecule is CCOc1cc(/C=C2\C(=O)NC(=O)N(c3cccc(Cl)c3)C2=O)cc(I)c1O. The Morgan fingerprint density at radius 2 is 2.00 bits per heavy atom. The first kappa shape index (κ1) is 20.2. The van der Waals surface area contributed by atoms with Crippen LogP contribution in [0.25, 0.3) is 6.08 Å². The molecule has 2 N–H and O–H groups in total. The van der Waals surface area contributed by atoms with Crippen LogP contribution in [0.4, 0.5) is 10.5 Å². The molecule has 0 spiro atoms. The van der Waals surface area contributed by atoms with Gasteiger partial charge in [0, 0.05) is 5.02 Å². The molecule has 144 valence electrons. The Morgan fingerprint density at radius 3 is 2.68 bits per heavy atom. The molecule has 0 aromatic heterocycles. The number of phenolic OH excluding ortho intramolecular Hbond substituents is 1. The number of nitrogens with zero attached hydrogens (tertiary/aromatic N) is 1. The van der Waals surface area contributed by atoms with Crippen molar-refractivity contribution >= 4 is 63.8 Å². The van der Waals surface area contributed by atoms with Gasteiger partial charge in [0.2, 0.25) is 0 Å². The summed E-state index contributed by atoms with van der Waals surface area (Å²) in [5.74, 6) is -1.39. The highest BCUT2D eigenvalue weighted by Gasteiger charge is 2.36. The zero-order valence-electron chi connectivity index (χ0n) is 14.5. The van der Waals surface area contributed by atoms with Gasteiger partial charge in [0.25, 0.3) is 11.8 Å². The molecule has 0 bridgehead atoms. The molecule has 0 saturated carbocycles. The predicted octanol–water partition coefficient (Wildman–Crippen LogP) is 3.72. The number of rotatable bonds is 4. The van der Waals surface area contributed by atoms with Gasteiger partial charge in [-0.25, -0.2) is 9.69 Å². The lowest BCUT2D eigenvalue weighted by Crippen LogP contribution is -2.54. The third-order valence-electron chi connectivity index (χ3n) is 3.83. The molecule has 1 aliphatic rings. The van der Waals surface area contributed by atoms with Gasteiger partial charge in [-0.15, -0.1) is 0 Å². The maximum absolute atomic E-state index is 12.9. The monoisotopic (exact) mass is 512 g/mol. The average molecular weight is 513 g/mol. The minimum absolute atomic E-state index is 0.0280. The van der Waals surface area contributed by atoms with Gasteiger partial charge in [0.15, 0.2) is 11.5 Å². The number of benzene rings is 2. The lowest BCUT2D eigenvalue weighted by Gasteiger charge is -2.26. The molecule has 1 fully saturated rings. The number of ether oxygens (including phenoxy) is 1. The molecule has 2 aromatic rings. The van der Waals surface area contributed by atoms with Crippen molar-refractivity contribution in [1.29, 1.82) is 0 Å². The summed E-state index contributed by atoms with van der Waals surface area (Å²) in [5.41, 5.74) is 0.469. The lowest BCUT2D eigenvalue weighted by molar-refractivity contribution is -0.122. The summed E-state index contributed by atoms with van der Waals surface area (Å²) < 4.78 is 5.86. The van der Waals surface area contributed by atoms with Crippen molar-refractivity contribution in [2.45, 2.75) is 6.92 Å². The Labute approximate surface area is 179 Å². The Hall–Kier alpha value is -2.59. The van der Waals surface area contributed by atoms with Crippen molar-refractivity contribution in [3.63, 3.8) is 0 Å². The Morgan fingerprint density at radius 1 is 1.25 bits per heavy atom. The van der Waals surface area contributed by atoms with Gasteiger partial charge in [-0.3, -0.25) is 14.9 Å². The standard InChI is InChI=1S/C19H14ClIN2O5/c1-2-28-15-8-10(7-14(21)16(15)24)6-13-17(25)22-19(27)23(18(13)26)12-5-3-4-11(20)9-12/h3-9,24H,2H2,1H3,(H,22,25,27)/b13-6+. The highest BCUT2D eigenvalue weighted by Crippen LogP contribution is 2.34. The molecule has 2 aromatic carbocycles. The fourth-order valence-corrected chi connectivity index (χ4v) is 3.43. The van der Waals surface area contributed by atoms with E-state index in [0.29, 0.717) is 20.8 Å². The smallest absolute Gasteiger partial charge is 0.335 e. The van der Waals surface area contributed by atoms with Gasteiger partial charge in [-0.05, 0) is 71.5 Å². The first-order chi connectivity index (χ1) is 13.3. The van der Waals surface area contributed by atoms with Crippen molar-refractivity contribution in [1.82, 2.24) is 5.32 Å². The maximum Gasteiger partial charge on any atom is 0.335 e. The van der Waals surface area contributed by atoms with Crippen LogP contribution in [0.1, 0.15) is 12.5 Å². The van der Waals surface area contributed by atoms with E-state index in [4.69, 9.17) is 16.3 Å². The lowest BCUT2D eigenvalue weighted by atomic mass is 10.1. The third-order valence-corrected chi connectivity index (χ3v) is 4.89. The number of carbonyl (C=O) groups is 3. The number of imide groups is 2. The molecule has 1 heterocycles. The number of hydrogen-bond acceptors (Lipinski definition) is 5.